The Labute approximate surface area is 192 Å². The molecule has 1 aromatic carbocycles. The number of benzene rings is 1. The first kappa shape index (κ1) is 21.3. The van der Waals surface area contributed by atoms with Crippen LogP contribution in [-0.2, 0) is 17.8 Å². The molecule has 1 saturated heterocycles. The zero-order valence-corrected chi connectivity index (χ0v) is 19.2. The van der Waals surface area contributed by atoms with Crippen LogP contribution < -0.4 is 10.9 Å². The second kappa shape index (κ2) is 9.55. The topological polar surface area (TPSA) is 67.2 Å². The van der Waals surface area contributed by atoms with Gasteiger partial charge in [-0.05, 0) is 68.3 Å². The Balaban J connectivity index is 1.12. The summed E-state index contributed by atoms with van der Waals surface area (Å²) in [4.78, 5) is 34.2. The first-order valence-corrected chi connectivity index (χ1v) is 12.6. The third-order valence-corrected chi connectivity index (χ3v) is 7.48. The number of aryl methyl sites for hydroxylation is 1. The van der Waals surface area contributed by atoms with E-state index in [0.29, 0.717) is 24.1 Å². The van der Waals surface area contributed by atoms with Gasteiger partial charge in [-0.2, -0.15) is 0 Å². The molecule has 168 valence electrons. The van der Waals surface area contributed by atoms with Crippen LogP contribution in [0.4, 0.5) is 0 Å². The van der Waals surface area contributed by atoms with Crippen molar-refractivity contribution < 1.29 is 4.79 Å². The van der Waals surface area contributed by atoms with Gasteiger partial charge in [0.2, 0.25) is 5.91 Å². The van der Waals surface area contributed by atoms with Crippen LogP contribution >= 0.6 is 11.3 Å². The van der Waals surface area contributed by atoms with Crippen molar-refractivity contribution in [2.24, 2.45) is 5.92 Å². The molecule has 0 unspecified atom stereocenters. The fourth-order valence-corrected chi connectivity index (χ4v) is 5.37. The molecule has 5 rings (SSSR count). The number of hydrogen-bond donors (Lipinski definition) is 1. The van der Waals surface area contributed by atoms with Gasteiger partial charge >= 0.3 is 0 Å². The van der Waals surface area contributed by atoms with Crippen LogP contribution in [0.15, 0.2) is 46.6 Å². The average Bonchev–Trinajstić information content (AvgIpc) is 3.52. The lowest BCUT2D eigenvalue weighted by Gasteiger charge is -2.31. The quantitative estimate of drug-likeness (QED) is 0.568. The summed E-state index contributed by atoms with van der Waals surface area (Å²) in [5.74, 6) is 1.34. The second-order valence-electron chi connectivity index (χ2n) is 9.05. The van der Waals surface area contributed by atoms with Crippen molar-refractivity contribution in [1.82, 2.24) is 19.8 Å². The highest BCUT2D eigenvalue weighted by atomic mass is 32.1. The van der Waals surface area contributed by atoms with E-state index < -0.39 is 0 Å². The second-order valence-corrected chi connectivity index (χ2v) is 10.1. The summed E-state index contributed by atoms with van der Waals surface area (Å²) in [7, 11) is 0. The number of hydrogen-bond acceptors (Lipinski definition) is 5. The van der Waals surface area contributed by atoms with Gasteiger partial charge in [0.15, 0.2) is 0 Å². The number of carbonyl (C=O) groups is 1. The molecular weight excluding hydrogens is 420 g/mol. The van der Waals surface area contributed by atoms with Gasteiger partial charge in [-0.15, -0.1) is 11.3 Å². The lowest BCUT2D eigenvalue weighted by atomic mass is 9.96. The zero-order chi connectivity index (χ0) is 21.9. The molecule has 2 aliphatic rings. The third kappa shape index (κ3) is 4.94. The first-order valence-electron chi connectivity index (χ1n) is 11.7. The molecule has 1 aliphatic carbocycles. The van der Waals surface area contributed by atoms with E-state index in [1.54, 1.807) is 0 Å². The first-order chi connectivity index (χ1) is 15.7. The molecule has 0 bridgehead atoms. The minimum Gasteiger partial charge on any atom is -0.356 e. The number of para-hydroxylation sites is 1. The Kier molecular flexibility index (Phi) is 6.37. The molecule has 6 nitrogen and oxygen atoms in total. The number of aromatic nitrogens is 2. The highest BCUT2D eigenvalue weighted by Crippen LogP contribution is 2.34. The maximum Gasteiger partial charge on any atom is 0.261 e. The molecule has 1 amide bonds. The van der Waals surface area contributed by atoms with Crippen LogP contribution in [0.3, 0.4) is 0 Å². The van der Waals surface area contributed by atoms with Gasteiger partial charge in [-0.25, -0.2) is 4.98 Å². The number of nitrogens with zero attached hydrogens (tertiary/aromatic N) is 3. The van der Waals surface area contributed by atoms with Gasteiger partial charge in [0.25, 0.3) is 5.56 Å². The van der Waals surface area contributed by atoms with Crippen molar-refractivity contribution in [3.8, 4) is 0 Å². The molecular formula is C25H30N4O2S. The van der Waals surface area contributed by atoms with E-state index in [1.807, 2.05) is 40.2 Å². The van der Waals surface area contributed by atoms with E-state index in [0.717, 1.165) is 63.2 Å². The minimum atomic E-state index is 0.0304. The van der Waals surface area contributed by atoms with Crippen molar-refractivity contribution >= 4 is 28.1 Å². The van der Waals surface area contributed by atoms with Crippen LogP contribution in [0.5, 0.6) is 0 Å². The van der Waals surface area contributed by atoms with E-state index in [9.17, 15) is 9.59 Å². The lowest BCUT2D eigenvalue weighted by Crippen LogP contribution is -2.38. The molecule has 1 N–H and O–H groups in total. The molecule has 3 heterocycles. The fourth-order valence-electron chi connectivity index (χ4n) is 4.62. The Morgan fingerprint density at radius 1 is 1.09 bits per heavy atom. The summed E-state index contributed by atoms with van der Waals surface area (Å²) in [5.41, 5.74) is 0.752. The molecule has 7 heteroatoms. The van der Waals surface area contributed by atoms with Gasteiger partial charge in [0.05, 0.1) is 10.9 Å². The number of amides is 1. The van der Waals surface area contributed by atoms with Gasteiger partial charge < -0.3 is 5.32 Å². The number of nitrogens with one attached hydrogen (secondary N) is 1. The van der Waals surface area contributed by atoms with Gasteiger partial charge in [0.1, 0.15) is 5.82 Å². The molecule has 0 atom stereocenters. The minimum absolute atomic E-state index is 0.0304. The summed E-state index contributed by atoms with van der Waals surface area (Å²) in [6.07, 6.45) is 5.16. The maximum absolute atomic E-state index is 13.0. The molecule has 1 aliphatic heterocycles. The number of carbonyl (C=O) groups excluding carboxylic acids is 1. The number of rotatable bonds is 8. The van der Waals surface area contributed by atoms with E-state index in [2.05, 4.69) is 27.7 Å². The number of likely N-dealkylation sites (tertiary alicyclic amines) is 1. The van der Waals surface area contributed by atoms with Crippen LogP contribution in [0.25, 0.3) is 10.9 Å². The zero-order valence-electron chi connectivity index (χ0n) is 18.3. The van der Waals surface area contributed by atoms with Gasteiger partial charge in [-0.3, -0.25) is 19.1 Å². The Morgan fingerprint density at radius 3 is 2.66 bits per heavy atom. The third-order valence-electron chi connectivity index (χ3n) is 6.62. The van der Waals surface area contributed by atoms with Gasteiger partial charge in [-0.1, -0.05) is 18.2 Å². The number of fused-ring (bicyclic) bond motifs is 1. The van der Waals surface area contributed by atoms with Crippen LogP contribution in [0.2, 0.25) is 0 Å². The number of thiophene rings is 1. The standard InChI is InChI=1S/C25H30N4O2S/c30-24(26-16-18-11-13-28(14-12-18)17-20-4-3-15-32-20)10-9-23-27-22-6-2-1-5-21(22)25(31)29(23)19-7-8-19/h1-6,15,18-19H,7-14,16-17H2,(H,26,30). The summed E-state index contributed by atoms with van der Waals surface area (Å²) in [6, 6.07) is 12.1. The van der Waals surface area contributed by atoms with Crippen LogP contribution in [-0.4, -0.2) is 40.0 Å². The smallest absolute Gasteiger partial charge is 0.261 e. The van der Waals surface area contributed by atoms with Crippen molar-refractivity contribution in [2.45, 2.75) is 51.1 Å². The molecule has 32 heavy (non-hydrogen) atoms. The van der Waals surface area contributed by atoms with Crippen molar-refractivity contribution in [1.29, 1.82) is 0 Å². The average molecular weight is 451 g/mol. The number of piperidine rings is 1. The van der Waals surface area contributed by atoms with Crippen LogP contribution in [0.1, 0.15) is 48.8 Å². The van der Waals surface area contributed by atoms with Gasteiger partial charge in [0, 0.05) is 36.9 Å². The van der Waals surface area contributed by atoms with Crippen molar-refractivity contribution in [3.63, 3.8) is 0 Å². The normalized spacial score (nSPS) is 17.6. The largest absolute Gasteiger partial charge is 0.356 e. The molecule has 0 spiro atoms. The monoisotopic (exact) mass is 450 g/mol. The Hall–Kier alpha value is -2.51. The molecule has 2 aromatic heterocycles. The summed E-state index contributed by atoms with van der Waals surface area (Å²) < 4.78 is 1.83. The van der Waals surface area contributed by atoms with Crippen LogP contribution in [0, 0.1) is 5.92 Å². The van der Waals surface area contributed by atoms with Crippen molar-refractivity contribution in [2.75, 3.05) is 19.6 Å². The fraction of sp³-hybridized carbons (Fsp3) is 0.480. The lowest BCUT2D eigenvalue weighted by molar-refractivity contribution is -0.121. The van der Waals surface area contributed by atoms with E-state index >= 15 is 0 Å². The molecule has 2 fully saturated rings. The van der Waals surface area contributed by atoms with Crippen molar-refractivity contribution in [3.05, 3.63) is 62.8 Å². The van der Waals surface area contributed by atoms with E-state index in [4.69, 9.17) is 4.98 Å². The highest BCUT2D eigenvalue weighted by Gasteiger charge is 2.28. The summed E-state index contributed by atoms with van der Waals surface area (Å²) in [5, 5.41) is 5.93. The molecule has 1 saturated carbocycles. The highest BCUT2D eigenvalue weighted by molar-refractivity contribution is 7.09. The maximum atomic E-state index is 13.0. The molecule has 3 aromatic rings. The van der Waals surface area contributed by atoms with E-state index in [-0.39, 0.29) is 17.5 Å². The SMILES string of the molecule is O=C(CCc1nc2ccccc2c(=O)n1C1CC1)NCC1CCN(Cc2cccs2)CC1. The summed E-state index contributed by atoms with van der Waals surface area (Å²) in [6.45, 7) is 3.96. The molecule has 0 radical (unpaired) electrons. The summed E-state index contributed by atoms with van der Waals surface area (Å²) >= 11 is 1.82. The predicted molar refractivity (Wildman–Crippen MR) is 128 cm³/mol. The van der Waals surface area contributed by atoms with E-state index in [1.165, 1.54) is 4.88 Å². The predicted octanol–water partition coefficient (Wildman–Crippen LogP) is 3.75. The Morgan fingerprint density at radius 2 is 1.91 bits per heavy atom. The Bertz CT molecular complexity index is 1130.